The minimum atomic E-state index is 0.0878. The molecule has 2 heterocycles. The molecule has 2 aliphatic heterocycles. The predicted molar refractivity (Wildman–Crippen MR) is 93.3 cm³/mol. The molecule has 0 spiro atoms. The number of rotatable bonds is 4. The zero-order chi connectivity index (χ0) is 16.9. The van der Waals surface area contributed by atoms with Gasteiger partial charge >= 0.3 is 0 Å². The standard InChI is InChI=1S/C19H26N2O3/c1-15-6-7-16(13-18(15)23-2)19(22)21-10-8-20(9-11-21)14-17-5-3-4-12-24-17/h4,6-7,12-13,17H,3,5,8-11,14H2,1-2H3/t17-/m1/s1. The Bertz CT molecular complexity index is 607. The maximum Gasteiger partial charge on any atom is 0.254 e. The van der Waals surface area contributed by atoms with E-state index in [4.69, 9.17) is 9.47 Å². The Balaban J connectivity index is 1.54. The van der Waals surface area contributed by atoms with E-state index >= 15 is 0 Å². The number of ether oxygens (including phenoxy) is 2. The molecule has 2 aliphatic rings. The first-order valence-corrected chi connectivity index (χ1v) is 8.64. The number of benzene rings is 1. The summed E-state index contributed by atoms with van der Waals surface area (Å²) < 4.78 is 11.0. The Morgan fingerprint density at radius 2 is 2.08 bits per heavy atom. The first-order valence-electron chi connectivity index (χ1n) is 8.64. The lowest BCUT2D eigenvalue weighted by atomic mass is 10.1. The Morgan fingerprint density at radius 1 is 1.29 bits per heavy atom. The highest BCUT2D eigenvalue weighted by Crippen LogP contribution is 2.21. The van der Waals surface area contributed by atoms with E-state index in [9.17, 15) is 4.79 Å². The molecule has 130 valence electrons. The van der Waals surface area contributed by atoms with Gasteiger partial charge in [0, 0.05) is 38.3 Å². The van der Waals surface area contributed by atoms with Crippen molar-refractivity contribution in [1.29, 1.82) is 0 Å². The molecule has 1 fully saturated rings. The summed E-state index contributed by atoms with van der Waals surface area (Å²) in [5, 5.41) is 0. The number of nitrogens with zero attached hydrogens (tertiary/aromatic N) is 2. The predicted octanol–water partition coefficient (Wildman–Crippen LogP) is 2.45. The van der Waals surface area contributed by atoms with Crippen LogP contribution in [0.15, 0.2) is 30.5 Å². The van der Waals surface area contributed by atoms with Gasteiger partial charge in [0.05, 0.1) is 13.4 Å². The van der Waals surface area contributed by atoms with Gasteiger partial charge in [-0.1, -0.05) is 6.07 Å². The fraction of sp³-hybridized carbons (Fsp3) is 0.526. The van der Waals surface area contributed by atoms with Gasteiger partial charge in [0.15, 0.2) is 0 Å². The van der Waals surface area contributed by atoms with E-state index in [0.717, 1.165) is 56.9 Å². The van der Waals surface area contributed by atoms with Gasteiger partial charge in [0.1, 0.15) is 11.9 Å². The van der Waals surface area contributed by atoms with Crippen molar-refractivity contribution in [3.05, 3.63) is 41.7 Å². The van der Waals surface area contributed by atoms with E-state index in [1.54, 1.807) is 7.11 Å². The molecular formula is C19H26N2O3. The van der Waals surface area contributed by atoms with Crippen LogP contribution in [-0.2, 0) is 4.74 Å². The molecule has 0 saturated carbocycles. The lowest BCUT2D eigenvalue weighted by molar-refractivity contribution is 0.0444. The van der Waals surface area contributed by atoms with Gasteiger partial charge in [-0.15, -0.1) is 0 Å². The van der Waals surface area contributed by atoms with E-state index in [-0.39, 0.29) is 5.91 Å². The number of aryl methyl sites for hydroxylation is 1. The first-order chi connectivity index (χ1) is 11.7. The number of methoxy groups -OCH3 is 1. The van der Waals surface area contributed by atoms with Gasteiger partial charge in [0.25, 0.3) is 5.91 Å². The van der Waals surface area contributed by atoms with Gasteiger partial charge in [-0.25, -0.2) is 0 Å². The molecule has 5 heteroatoms. The summed E-state index contributed by atoms with van der Waals surface area (Å²) in [5.41, 5.74) is 1.74. The van der Waals surface area contributed by atoms with Gasteiger partial charge < -0.3 is 14.4 Å². The van der Waals surface area contributed by atoms with Crippen molar-refractivity contribution in [3.63, 3.8) is 0 Å². The molecule has 0 N–H and O–H groups in total. The van der Waals surface area contributed by atoms with Crippen LogP contribution in [0, 0.1) is 6.92 Å². The molecule has 0 aliphatic carbocycles. The maximum absolute atomic E-state index is 12.7. The summed E-state index contributed by atoms with van der Waals surface area (Å²) >= 11 is 0. The molecule has 24 heavy (non-hydrogen) atoms. The highest BCUT2D eigenvalue weighted by molar-refractivity contribution is 5.94. The third kappa shape index (κ3) is 3.90. The molecule has 3 rings (SSSR count). The minimum Gasteiger partial charge on any atom is -0.497 e. The van der Waals surface area contributed by atoms with Gasteiger partial charge in [-0.2, -0.15) is 0 Å². The normalized spacial score (nSPS) is 21.4. The number of carbonyl (C=O) groups is 1. The van der Waals surface area contributed by atoms with Crippen molar-refractivity contribution >= 4 is 5.91 Å². The van der Waals surface area contributed by atoms with Crippen LogP contribution in [-0.4, -0.2) is 61.6 Å². The Morgan fingerprint density at radius 3 is 2.75 bits per heavy atom. The third-order valence-electron chi connectivity index (χ3n) is 4.80. The van der Waals surface area contributed by atoms with Crippen LogP contribution in [0.4, 0.5) is 0 Å². The highest BCUT2D eigenvalue weighted by atomic mass is 16.5. The van der Waals surface area contributed by atoms with Crippen LogP contribution in [0.25, 0.3) is 0 Å². The summed E-state index contributed by atoms with van der Waals surface area (Å²) in [6.45, 7) is 6.25. The topological polar surface area (TPSA) is 42.0 Å². The highest BCUT2D eigenvalue weighted by Gasteiger charge is 2.24. The monoisotopic (exact) mass is 330 g/mol. The van der Waals surface area contributed by atoms with Crippen molar-refractivity contribution in [2.24, 2.45) is 0 Å². The first kappa shape index (κ1) is 16.8. The zero-order valence-electron chi connectivity index (χ0n) is 14.5. The van der Waals surface area contributed by atoms with E-state index in [1.807, 2.05) is 36.3 Å². The number of hydrogen-bond acceptors (Lipinski definition) is 4. The second-order valence-corrected chi connectivity index (χ2v) is 6.48. The van der Waals surface area contributed by atoms with Gasteiger partial charge in [-0.05, 0) is 43.5 Å². The third-order valence-corrected chi connectivity index (χ3v) is 4.80. The molecule has 1 aromatic rings. The summed E-state index contributed by atoms with van der Waals surface area (Å²) in [4.78, 5) is 17.0. The average molecular weight is 330 g/mol. The van der Waals surface area contributed by atoms with Crippen LogP contribution in [0.2, 0.25) is 0 Å². The van der Waals surface area contributed by atoms with Crippen LogP contribution in [0.5, 0.6) is 5.75 Å². The number of carbonyl (C=O) groups excluding carboxylic acids is 1. The smallest absolute Gasteiger partial charge is 0.254 e. The maximum atomic E-state index is 12.7. The molecule has 1 amide bonds. The molecule has 0 radical (unpaired) electrons. The largest absolute Gasteiger partial charge is 0.497 e. The van der Waals surface area contributed by atoms with Gasteiger partial charge in [-0.3, -0.25) is 9.69 Å². The molecule has 1 saturated heterocycles. The van der Waals surface area contributed by atoms with Crippen LogP contribution >= 0.6 is 0 Å². The van der Waals surface area contributed by atoms with E-state index < -0.39 is 0 Å². The molecule has 1 atom stereocenters. The van der Waals surface area contributed by atoms with E-state index in [2.05, 4.69) is 11.0 Å². The summed E-state index contributed by atoms with van der Waals surface area (Å²) in [5.74, 6) is 0.854. The quantitative estimate of drug-likeness (QED) is 0.850. The number of hydrogen-bond donors (Lipinski definition) is 0. The van der Waals surface area contributed by atoms with Gasteiger partial charge in [0.2, 0.25) is 0 Å². The summed E-state index contributed by atoms with van der Waals surface area (Å²) in [6, 6.07) is 5.66. The average Bonchev–Trinajstić information content (AvgIpc) is 2.63. The van der Waals surface area contributed by atoms with Crippen molar-refractivity contribution < 1.29 is 14.3 Å². The lowest BCUT2D eigenvalue weighted by Gasteiger charge is -2.36. The summed E-state index contributed by atoms with van der Waals surface area (Å²) in [6.07, 6.45) is 6.36. The lowest BCUT2D eigenvalue weighted by Crippen LogP contribution is -2.50. The van der Waals surface area contributed by atoms with Crippen LogP contribution < -0.4 is 4.74 Å². The van der Waals surface area contributed by atoms with Crippen molar-refractivity contribution in [1.82, 2.24) is 9.80 Å². The number of piperazine rings is 1. The van der Waals surface area contributed by atoms with Crippen molar-refractivity contribution in [2.75, 3.05) is 39.8 Å². The van der Waals surface area contributed by atoms with Crippen molar-refractivity contribution in [2.45, 2.75) is 25.9 Å². The van der Waals surface area contributed by atoms with Crippen LogP contribution in [0.1, 0.15) is 28.8 Å². The number of allylic oxidation sites excluding steroid dienone is 1. The second-order valence-electron chi connectivity index (χ2n) is 6.48. The second kappa shape index (κ2) is 7.71. The fourth-order valence-corrected chi connectivity index (χ4v) is 3.28. The van der Waals surface area contributed by atoms with E-state index in [0.29, 0.717) is 11.7 Å². The Hall–Kier alpha value is -2.01. The van der Waals surface area contributed by atoms with Crippen LogP contribution in [0.3, 0.4) is 0 Å². The summed E-state index contributed by atoms with van der Waals surface area (Å²) in [7, 11) is 1.64. The minimum absolute atomic E-state index is 0.0878. The Labute approximate surface area is 143 Å². The molecule has 0 bridgehead atoms. The molecule has 5 nitrogen and oxygen atoms in total. The van der Waals surface area contributed by atoms with E-state index in [1.165, 1.54) is 0 Å². The van der Waals surface area contributed by atoms with Crippen molar-refractivity contribution in [3.8, 4) is 5.75 Å². The molecule has 1 aromatic carbocycles. The number of amides is 1. The fourth-order valence-electron chi connectivity index (χ4n) is 3.28. The Kier molecular flexibility index (Phi) is 5.41. The molecule has 0 unspecified atom stereocenters. The molecular weight excluding hydrogens is 304 g/mol. The molecule has 0 aromatic heterocycles. The zero-order valence-corrected chi connectivity index (χ0v) is 14.5. The SMILES string of the molecule is COc1cc(C(=O)N2CCN(C[C@H]3CCC=CO3)CC2)ccc1C.